The minimum atomic E-state index is -0.590. The third kappa shape index (κ3) is 5.66. The fraction of sp³-hybridized carbons (Fsp3) is 0.471. The first-order valence-electron chi connectivity index (χ1n) is 14.4. The molecule has 0 saturated heterocycles. The Morgan fingerprint density at radius 1 is 0.556 bits per heavy atom. The van der Waals surface area contributed by atoms with Crippen LogP contribution in [-0.4, -0.2) is 11.3 Å². The molecule has 0 spiro atoms. The Balaban J connectivity index is 1.62. The molecule has 5 rings (SSSR count). The molecule has 190 valence electrons. The lowest BCUT2D eigenvalue weighted by Crippen LogP contribution is -2.28. The van der Waals surface area contributed by atoms with E-state index in [-0.39, 0.29) is 7.92 Å². The molecule has 36 heavy (non-hydrogen) atoms. The molecule has 1 atom stereocenters. The summed E-state index contributed by atoms with van der Waals surface area (Å²) in [6, 6.07) is 28.0. The van der Waals surface area contributed by atoms with Gasteiger partial charge < -0.3 is 0 Å². The molecular formula is C34H44P2. The molecule has 0 aliphatic heterocycles. The maximum atomic E-state index is 2.64. The van der Waals surface area contributed by atoms with Gasteiger partial charge in [0.15, 0.2) is 0 Å². The normalized spacial score (nSPS) is 18.6. The van der Waals surface area contributed by atoms with Gasteiger partial charge in [-0.3, -0.25) is 0 Å². The molecule has 2 aliphatic carbocycles. The largest absolute Gasteiger partial charge is 0.0929 e. The Hall–Kier alpha value is -1.48. The van der Waals surface area contributed by atoms with Crippen molar-refractivity contribution in [1.82, 2.24) is 0 Å². The van der Waals surface area contributed by atoms with Crippen LogP contribution in [0.15, 0.2) is 72.8 Å². The van der Waals surface area contributed by atoms with Gasteiger partial charge in [0.2, 0.25) is 0 Å². The van der Waals surface area contributed by atoms with Gasteiger partial charge in [0, 0.05) is 5.66 Å². The zero-order chi connectivity index (χ0) is 24.9. The zero-order valence-corrected chi connectivity index (χ0v) is 24.4. The van der Waals surface area contributed by atoms with Crippen molar-refractivity contribution in [3.8, 4) is 0 Å². The van der Waals surface area contributed by atoms with E-state index < -0.39 is 7.92 Å². The quantitative estimate of drug-likeness (QED) is 0.276. The van der Waals surface area contributed by atoms with Gasteiger partial charge in [-0.15, -0.1) is 0 Å². The van der Waals surface area contributed by atoms with E-state index in [4.69, 9.17) is 0 Å². The Kier molecular flexibility index (Phi) is 8.99. The second-order valence-electron chi connectivity index (χ2n) is 11.2. The molecule has 2 heteroatoms. The fourth-order valence-corrected chi connectivity index (χ4v) is 14.2. The first-order valence-corrected chi connectivity index (χ1v) is 17.3. The van der Waals surface area contributed by atoms with Crippen LogP contribution in [0, 0.1) is 13.8 Å². The summed E-state index contributed by atoms with van der Waals surface area (Å²) in [5, 5.41) is 4.67. The topological polar surface area (TPSA) is 0 Å². The third-order valence-corrected chi connectivity index (χ3v) is 15.5. The van der Waals surface area contributed by atoms with Crippen LogP contribution in [0.3, 0.4) is 0 Å². The Bertz CT molecular complexity index is 1060. The molecule has 0 heterocycles. The van der Waals surface area contributed by atoms with Crippen molar-refractivity contribution >= 4 is 31.8 Å². The van der Waals surface area contributed by atoms with Crippen molar-refractivity contribution in [2.75, 3.05) is 0 Å². The number of hydrogen-bond acceptors (Lipinski definition) is 0. The van der Waals surface area contributed by atoms with Crippen LogP contribution < -0.4 is 15.9 Å². The molecule has 0 amide bonds. The second-order valence-corrected chi connectivity index (χ2v) is 16.4. The van der Waals surface area contributed by atoms with E-state index in [1.807, 2.05) is 0 Å². The van der Waals surface area contributed by atoms with Gasteiger partial charge in [0.25, 0.3) is 0 Å². The van der Waals surface area contributed by atoms with Crippen LogP contribution in [0.5, 0.6) is 0 Å². The highest BCUT2D eigenvalue weighted by Gasteiger charge is 2.36. The number of rotatable bonds is 7. The SMILES string of the molecule is Cc1ccccc1P(c1ccccc1C)c1ccccc1[C@@H](C)P(C1CCCCC1)C1CCCCC1. The summed E-state index contributed by atoms with van der Waals surface area (Å²) in [7, 11) is -0.608. The molecule has 0 bridgehead atoms. The summed E-state index contributed by atoms with van der Waals surface area (Å²) in [4.78, 5) is 0. The maximum Gasteiger partial charge on any atom is 0.00249 e. The highest BCUT2D eigenvalue weighted by molar-refractivity contribution is 7.80. The minimum absolute atomic E-state index is 0.0182. The van der Waals surface area contributed by atoms with Crippen molar-refractivity contribution in [2.24, 2.45) is 0 Å². The van der Waals surface area contributed by atoms with Gasteiger partial charge in [-0.2, -0.15) is 0 Å². The van der Waals surface area contributed by atoms with Crippen LogP contribution in [0.2, 0.25) is 0 Å². The molecule has 2 aliphatic rings. The molecular weight excluding hydrogens is 470 g/mol. The summed E-state index contributed by atoms with van der Waals surface area (Å²) in [5.41, 5.74) is 7.15. The lowest BCUT2D eigenvalue weighted by atomic mass is 9.99. The smallest absolute Gasteiger partial charge is 0.00249 e. The van der Waals surface area contributed by atoms with Crippen LogP contribution in [0.4, 0.5) is 0 Å². The van der Waals surface area contributed by atoms with Crippen molar-refractivity contribution in [2.45, 2.75) is 102 Å². The van der Waals surface area contributed by atoms with Gasteiger partial charge in [-0.05, 0) is 91.4 Å². The molecule has 3 aromatic rings. The van der Waals surface area contributed by atoms with Gasteiger partial charge in [-0.25, -0.2) is 0 Å². The van der Waals surface area contributed by atoms with Gasteiger partial charge in [-0.1, -0.05) is 126 Å². The summed E-state index contributed by atoms with van der Waals surface area (Å²) in [5.74, 6) is 0. The minimum Gasteiger partial charge on any atom is -0.0929 e. The predicted octanol–water partition coefficient (Wildman–Crippen LogP) is 9.27. The third-order valence-electron chi connectivity index (χ3n) is 8.78. The molecule has 0 unspecified atom stereocenters. The summed E-state index contributed by atoms with van der Waals surface area (Å²) in [6.07, 6.45) is 14.7. The van der Waals surface area contributed by atoms with Crippen LogP contribution in [0.1, 0.15) is 93.5 Å². The summed E-state index contributed by atoms with van der Waals surface area (Å²) < 4.78 is 0. The van der Waals surface area contributed by atoms with Crippen LogP contribution in [-0.2, 0) is 0 Å². The number of aryl methyl sites for hydroxylation is 2. The van der Waals surface area contributed by atoms with E-state index in [1.165, 1.54) is 85.9 Å². The van der Waals surface area contributed by atoms with E-state index in [9.17, 15) is 0 Å². The first kappa shape index (κ1) is 26.1. The average molecular weight is 515 g/mol. The molecule has 0 radical (unpaired) electrons. The lowest BCUT2D eigenvalue weighted by Gasteiger charge is -2.43. The molecule has 2 fully saturated rings. The van der Waals surface area contributed by atoms with Gasteiger partial charge >= 0.3 is 0 Å². The average Bonchev–Trinajstić information content (AvgIpc) is 2.92. The number of hydrogen-bond donors (Lipinski definition) is 0. The van der Waals surface area contributed by atoms with E-state index in [0.29, 0.717) is 5.66 Å². The van der Waals surface area contributed by atoms with Crippen molar-refractivity contribution in [1.29, 1.82) is 0 Å². The van der Waals surface area contributed by atoms with Gasteiger partial charge in [0.1, 0.15) is 0 Å². The van der Waals surface area contributed by atoms with Gasteiger partial charge in [0.05, 0.1) is 0 Å². The van der Waals surface area contributed by atoms with Crippen molar-refractivity contribution in [3.63, 3.8) is 0 Å². The highest BCUT2D eigenvalue weighted by atomic mass is 31.1. The van der Waals surface area contributed by atoms with E-state index in [0.717, 1.165) is 11.3 Å². The molecule has 3 aromatic carbocycles. The first-order chi connectivity index (χ1) is 17.6. The lowest BCUT2D eigenvalue weighted by molar-refractivity contribution is 0.481. The molecule has 0 nitrogen and oxygen atoms in total. The molecule has 0 aromatic heterocycles. The monoisotopic (exact) mass is 514 g/mol. The number of benzene rings is 3. The Morgan fingerprint density at radius 3 is 1.44 bits per heavy atom. The molecule has 0 N–H and O–H groups in total. The van der Waals surface area contributed by atoms with Crippen molar-refractivity contribution < 1.29 is 0 Å². The van der Waals surface area contributed by atoms with E-state index in [2.05, 4.69) is 93.6 Å². The Labute approximate surface area is 222 Å². The highest BCUT2D eigenvalue weighted by Crippen LogP contribution is 2.64. The van der Waals surface area contributed by atoms with E-state index in [1.54, 1.807) is 10.9 Å². The van der Waals surface area contributed by atoms with Crippen LogP contribution >= 0.6 is 15.8 Å². The second kappa shape index (κ2) is 12.4. The summed E-state index contributed by atoms with van der Waals surface area (Å²) in [6.45, 7) is 7.26. The van der Waals surface area contributed by atoms with E-state index >= 15 is 0 Å². The predicted molar refractivity (Wildman–Crippen MR) is 164 cm³/mol. The van der Waals surface area contributed by atoms with Crippen LogP contribution in [0.25, 0.3) is 0 Å². The summed E-state index contributed by atoms with van der Waals surface area (Å²) >= 11 is 0. The standard InChI is InChI=1S/C34H44P2/c1-26-16-10-13-23-32(26)36(33-24-14-11-17-27(33)2)34-25-15-12-22-31(34)28(3)35(29-18-6-4-7-19-29)30-20-8-5-9-21-30/h10-17,22-25,28-30H,4-9,18-21H2,1-3H3/t28-/m1/s1. The molecule has 2 saturated carbocycles. The maximum absolute atomic E-state index is 2.64. The van der Waals surface area contributed by atoms with Crippen molar-refractivity contribution in [3.05, 3.63) is 89.5 Å². The Morgan fingerprint density at radius 2 is 0.972 bits per heavy atom. The zero-order valence-electron chi connectivity index (χ0n) is 22.6. The fourth-order valence-electron chi connectivity index (χ4n) is 6.91.